The standard InChI is InChI=1S/C15H20ClNO3/c1-11(9-12-3-5-13(16)6-4-12)17(2)15(18)14-10-19-7-8-20-14/h3-6,11,14H,7-10H2,1-2H3. The summed E-state index contributed by atoms with van der Waals surface area (Å²) < 4.78 is 10.7. The van der Waals surface area contributed by atoms with Gasteiger partial charge in [0.1, 0.15) is 0 Å². The van der Waals surface area contributed by atoms with Crippen molar-refractivity contribution in [3.05, 3.63) is 34.9 Å². The SMILES string of the molecule is CC(Cc1ccc(Cl)cc1)N(C)C(=O)C1COCCO1. The van der Waals surface area contributed by atoms with Crippen LogP contribution in [0.2, 0.25) is 5.02 Å². The molecule has 0 saturated carbocycles. The fourth-order valence-electron chi connectivity index (χ4n) is 2.17. The van der Waals surface area contributed by atoms with Gasteiger partial charge in [-0.05, 0) is 31.0 Å². The Balaban J connectivity index is 1.91. The summed E-state index contributed by atoms with van der Waals surface area (Å²) in [5.74, 6) is -0.0221. The lowest BCUT2D eigenvalue weighted by Gasteiger charge is -2.30. The molecule has 0 spiro atoms. The molecule has 1 heterocycles. The van der Waals surface area contributed by atoms with E-state index < -0.39 is 6.10 Å². The van der Waals surface area contributed by atoms with Gasteiger partial charge in [-0.2, -0.15) is 0 Å². The second-order valence-corrected chi connectivity index (χ2v) is 5.50. The molecule has 1 saturated heterocycles. The summed E-state index contributed by atoms with van der Waals surface area (Å²) in [7, 11) is 1.81. The number of hydrogen-bond donors (Lipinski definition) is 0. The van der Waals surface area contributed by atoms with E-state index in [4.69, 9.17) is 21.1 Å². The van der Waals surface area contributed by atoms with E-state index in [-0.39, 0.29) is 11.9 Å². The third kappa shape index (κ3) is 3.95. The highest BCUT2D eigenvalue weighted by atomic mass is 35.5. The minimum atomic E-state index is -0.471. The van der Waals surface area contributed by atoms with Gasteiger partial charge < -0.3 is 14.4 Å². The lowest BCUT2D eigenvalue weighted by Crippen LogP contribution is -2.47. The molecule has 1 aromatic carbocycles. The first-order valence-corrected chi connectivity index (χ1v) is 7.16. The number of halogens is 1. The van der Waals surface area contributed by atoms with Crippen molar-refractivity contribution in [3.63, 3.8) is 0 Å². The van der Waals surface area contributed by atoms with Crippen molar-refractivity contribution in [1.82, 2.24) is 4.90 Å². The maximum Gasteiger partial charge on any atom is 0.254 e. The van der Waals surface area contributed by atoms with E-state index in [9.17, 15) is 4.79 Å². The molecule has 0 aliphatic carbocycles. The van der Waals surface area contributed by atoms with Gasteiger partial charge in [-0.25, -0.2) is 0 Å². The molecule has 0 aromatic heterocycles. The summed E-state index contributed by atoms with van der Waals surface area (Å²) in [5, 5.41) is 0.721. The molecule has 1 aromatic rings. The maximum absolute atomic E-state index is 12.3. The normalized spacial score (nSPS) is 20.4. The topological polar surface area (TPSA) is 38.8 Å². The number of hydrogen-bond acceptors (Lipinski definition) is 3. The van der Waals surface area contributed by atoms with Crippen LogP contribution in [0.15, 0.2) is 24.3 Å². The fraction of sp³-hybridized carbons (Fsp3) is 0.533. The van der Waals surface area contributed by atoms with Gasteiger partial charge in [-0.15, -0.1) is 0 Å². The lowest BCUT2D eigenvalue weighted by atomic mass is 10.1. The van der Waals surface area contributed by atoms with E-state index >= 15 is 0 Å². The minimum absolute atomic E-state index is 0.0221. The zero-order valence-electron chi connectivity index (χ0n) is 11.8. The van der Waals surface area contributed by atoms with Crippen LogP contribution in [0, 0.1) is 0 Å². The third-order valence-corrected chi connectivity index (χ3v) is 3.80. The zero-order chi connectivity index (χ0) is 14.5. The Morgan fingerprint density at radius 3 is 2.70 bits per heavy atom. The molecule has 2 unspecified atom stereocenters. The van der Waals surface area contributed by atoms with Gasteiger partial charge in [-0.1, -0.05) is 23.7 Å². The van der Waals surface area contributed by atoms with Crippen LogP contribution in [0.1, 0.15) is 12.5 Å². The number of ether oxygens (including phenoxy) is 2. The number of amides is 1. The number of likely N-dealkylation sites (N-methyl/N-ethyl adjacent to an activating group) is 1. The van der Waals surface area contributed by atoms with Gasteiger partial charge >= 0.3 is 0 Å². The van der Waals surface area contributed by atoms with E-state index in [1.807, 2.05) is 31.2 Å². The Hall–Kier alpha value is -1.10. The monoisotopic (exact) mass is 297 g/mol. The highest BCUT2D eigenvalue weighted by molar-refractivity contribution is 6.30. The van der Waals surface area contributed by atoms with Crippen LogP contribution in [0.3, 0.4) is 0 Å². The van der Waals surface area contributed by atoms with Crippen LogP contribution < -0.4 is 0 Å². The van der Waals surface area contributed by atoms with E-state index in [1.165, 1.54) is 0 Å². The molecular weight excluding hydrogens is 278 g/mol. The number of benzene rings is 1. The molecular formula is C15H20ClNO3. The molecule has 0 radical (unpaired) electrons. The predicted molar refractivity (Wildman–Crippen MR) is 77.9 cm³/mol. The van der Waals surface area contributed by atoms with Gasteiger partial charge in [0.05, 0.1) is 19.8 Å². The van der Waals surface area contributed by atoms with Crippen molar-refractivity contribution in [2.45, 2.75) is 25.5 Å². The highest BCUT2D eigenvalue weighted by Crippen LogP contribution is 2.14. The predicted octanol–water partition coefficient (Wildman–Crippen LogP) is 2.14. The van der Waals surface area contributed by atoms with Crippen molar-refractivity contribution in [3.8, 4) is 0 Å². The molecule has 5 heteroatoms. The smallest absolute Gasteiger partial charge is 0.254 e. The van der Waals surface area contributed by atoms with Crippen LogP contribution in [0.25, 0.3) is 0 Å². The third-order valence-electron chi connectivity index (χ3n) is 3.54. The molecule has 1 amide bonds. The van der Waals surface area contributed by atoms with Gasteiger partial charge in [0.15, 0.2) is 6.10 Å². The van der Waals surface area contributed by atoms with Crippen LogP contribution in [-0.4, -0.2) is 49.8 Å². The number of nitrogens with zero attached hydrogens (tertiary/aromatic N) is 1. The molecule has 20 heavy (non-hydrogen) atoms. The van der Waals surface area contributed by atoms with Crippen molar-refractivity contribution in [2.75, 3.05) is 26.9 Å². The number of rotatable bonds is 4. The van der Waals surface area contributed by atoms with Gasteiger partial charge in [0, 0.05) is 18.1 Å². The van der Waals surface area contributed by atoms with E-state index in [1.54, 1.807) is 11.9 Å². The van der Waals surface area contributed by atoms with E-state index in [0.717, 1.165) is 17.0 Å². The maximum atomic E-state index is 12.3. The first-order valence-electron chi connectivity index (χ1n) is 6.78. The lowest BCUT2D eigenvalue weighted by molar-refractivity contribution is -0.158. The number of carbonyl (C=O) groups excluding carboxylic acids is 1. The van der Waals surface area contributed by atoms with Crippen LogP contribution >= 0.6 is 11.6 Å². The summed E-state index contributed by atoms with van der Waals surface area (Å²) in [5.41, 5.74) is 1.15. The Bertz CT molecular complexity index is 443. The molecule has 0 bridgehead atoms. The fourth-order valence-corrected chi connectivity index (χ4v) is 2.30. The number of carbonyl (C=O) groups is 1. The highest BCUT2D eigenvalue weighted by Gasteiger charge is 2.27. The first kappa shape index (κ1) is 15.3. The molecule has 1 fully saturated rings. The molecule has 0 N–H and O–H groups in total. The van der Waals surface area contributed by atoms with Crippen molar-refractivity contribution < 1.29 is 14.3 Å². The Kier molecular flexibility index (Phi) is 5.40. The average Bonchev–Trinajstić information content (AvgIpc) is 2.49. The van der Waals surface area contributed by atoms with Crippen LogP contribution in [0.5, 0.6) is 0 Å². The summed E-state index contributed by atoms with van der Waals surface area (Å²) in [6.07, 6.45) is 0.314. The van der Waals surface area contributed by atoms with Crippen molar-refractivity contribution in [1.29, 1.82) is 0 Å². The second-order valence-electron chi connectivity index (χ2n) is 5.06. The van der Waals surface area contributed by atoms with Crippen molar-refractivity contribution >= 4 is 17.5 Å². The van der Waals surface area contributed by atoms with E-state index in [2.05, 4.69) is 0 Å². The molecule has 2 rings (SSSR count). The van der Waals surface area contributed by atoms with Crippen molar-refractivity contribution in [2.24, 2.45) is 0 Å². The summed E-state index contributed by atoms with van der Waals surface area (Å²) >= 11 is 5.87. The summed E-state index contributed by atoms with van der Waals surface area (Å²) in [6, 6.07) is 7.79. The van der Waals surface area contributed by atoms with Gasteiger partial charge in [0.2, 0.25) is 0 Å². The Labute approximate surface area is 124 Å². The van der Waals surface area contributed by atoms with E-state index in [0.29, 0.717) is 19.8 Å². The Morgan fingerprint density at radius 1 is 1.40 bits per heavy atom. The molecule has 2 atom stereocenters. The minimum Gasteiger partial charge on any atom is -0.376 e. The second kappa shape index (κ2) is 7.07. The summed E-state index contributed by atoms with van der Waals surface area (Å²) in [6.45, 7) is 3.41. The summed E-state index contributed by atoms with van der Waals surface area (Å²) in [4.78, 5) is 14.0. The largest absolute Gasteiger partial charge is 0.376 e. The van der Waals surface area contributed by atoms with Crippen LogP contribution in [0.4, 0.5) is 0 Å². The quantitative estimate of drug-likeness (QED) is 0.855. The molecule has 1 aliphatic rings. The molecule has 4 nitrogen and oxygen atoms in total. The van der Waals surface area contributed by atoms with Gasteiger partial charge in [0.25, 0.3) is 5.91 Å². The Morgan fingerprint density at radius 2 is 2.10 bits per heavy atom. The first-order chi connectivity index (χ1) is 9.58. The average molecular weight is 298 g/mol. The van der Waals surface area contributed by atoms with Gasteiger partial charge in [-0.3, -0.25) is 4.79 Å². The molecule has 1 aliphatic heterocycles. The molecule has 110 valence electrons. The zero-order valence-corrected chi connectivity index (χ0v) is 12.6. The van der Waals surface area contributed by atoms with Crippen LogP contribution in [-0.2, 0) is 20.7 Å².